The maximum atomic E-state index is 15.3. The summed E-state index contributed by atoms with van der Waals surface area (Å²) in [7, 11) is 0. The second-order valence-electron chi connectivity index (χ2n) is 25.1. The van der Waals surface area contributed by atoms with E-state index in [0.717, 1.165) is 44.1 Å². The Morgan fingerprint density at radius 1 is 0.658 bits per heavy atom. The number of carbonyl (C=O) groups excluding carboxylic acids is 5. The molecule has 5 aliphatic rings. The molecule has 0 radical (unpaired) electrons. The first-order valence-electron chi connectivity index (χ1n) is 27.8. The molecule has 0 spiro atoms. The Labute approximate surface area is 475 Å². The molecule has 424 valence electrons. The molecule has 3 amide bonds. The van der Waals surface area contributed by atoms with Gasteiger partial charge in [0.15, 0.2) is 0 Å². The van der Waals surface area contributed by atoms with E-state index in [1.165, 1.54) is 17.7 Å². The second-order valence-corrected chi connectivity index (χ2v) is 25.9. The van der Waals surface area contributed by atoms with Crippen molar-refractivity contribution in [3.8, 4) is 11.5 Å². The van der Waals surface area contributed by atoms with Gasteiger partial charge in [0.2, 0.25) is 17.7 Å². The van der Waals surface area contributed by atoms with Gasteiger partial charge in [0, 0.05) is 35.5 Å². The summed E-state index contributed by atoms with van der Waals surface area (Å²) >= 11 is 8.68. The minimum atomic E-state index is -1.28. The first kappa shape index (κ1) is 59.1. The Kier molecular flexibility index (Phi) is 17.4. The number of allylic oxidation sites excluding steroid dienone is 2. The highest BCUT2D eigenvalue weighted by molar-refractivity contribution is 7.80. The van der Waals surface area contributed by atoms with E-state index < -0.39 is 76.3 Å². The smallest absolute Gasteiger partial charge is 0.331 e. The zero-order chi connectivity index (χ0) is 57.3. The Bertz CT molecular complexity index is 2870. The molecule has 14 nitrogen and oxygen atoms in total. The van der Waals surface area contributed by atoms with Crippen molar-refractivity contribution >= 4 is 73.0 Å². The number of phenols is 2. The van der Waals surface area contributed by atoms with Crippen LogP contribution in [-0.4, -0.2) is 92.8 Å². The van der Waals surface area contributed by atoms with Gasteiger partial charge in [0.25, 0.3) is 0 Å². The predicted octanol–water partition coefficient (Wildman–Crippen LogP) is 9.70. The standard InChI is InChI=1S/C63H79N3O11S2/c1-58(2)29-31-63(57(75)66-46(36-78)55(72)64-45(33-40-11-9-8-10-12-40)54(71)65-47(37-79)56(73)74)32-30-61(6)43(44(63)34-58)23-24-50-60(5)35-48(76-51(69)25-17-38-13-19-41(67)20-14-38)53(59(3,4)49(60)27-28-62(50,61)7)77-52(70)26-18-39-15-21-42(68)22-16-39/h8-23,25-26,44-50,53,67-68,78-79H,24,27-37H2,1-7H3,(H,64,72)(H,65,71)(H,66,75)(H,73,74)/b25-17+,26-18+. The highest BCUT2D eigenvalue weighted by atomic mass is 32.1. The third-order valence-electron chi connectivity index (χ3n) is 19.6. The summed E-state index contributed by atoms with van der Waals surface area (Å²) in [6, 6.07) is 18.5. The van der Waals surface area contributed by atoms with Crippen molar-refractivity contribution < 1.29 is 53.6 Å². The van der Waals surface area contributed by atoms with Gasteiger partial charge in [-0.05, 0) is 150 Å². The zero-order valence-electron chi connectivity index (χ0n) is 46.5. The molecule has 8 rings (SSSR count). The van der Waals surface area contributed by atoms with Gasteiger partial charge < -0.3 is 40.7 Å². The number of fused-ring (bicyclic) bond motifs is 7. The number of esters is 2. The predicted molar refractivity (Wildman–Crippen MR) is 310 cm³/mol. The van der Waals surface area contributed by atoms with Gasteiger partial charge >= 0.3 is 17.9 Å². The minimum absolute atomic E-state index is 0.0459. The number of carboxylic acid groups (broad SMARTS) is 1. The van der Waals surface area contributed by atoms with Crippen LogP contribution in [0, 0.1) is 50.2 Å². The average molecular weight is 1120 g/mol. The minimum Gasteiger partial charge on any atom is -0.508 e. The molecule has 0 aromatic heterocycles. The van der Waals surface area contributed by atoms with Gasteiger partial charge in [0.05, 0.1) is 5.41 Å². The third-order valence-corrected chi connectivity index (χ3v) is 20.3. The topological polar surface area (TPSA) is 218 Å². The average Bonchev–Trinajstić information content (AvgIpc) is 3.42. The van der Waals surface area contributed by atoms with Crippen LogP contribution in [0.15, 0.2) is 103 Å². The largest absolute Gasteiger partial charge is 0.508 e. The van der Waals surface area contributed by atoms with Crippen molar-refractivity contribution in [1.29, 1.82) is 0 Å². The van der Waals surface area contributed by atoms with E-state index in [1.54, 1.807) is 60.7 Å². The van der Waals surface area contributed by atoms with E-state index in [9.17, 15) is 39.3 Å². The van der Waals surface area contributed by atoms with E-state index in [-0.39, 0.29) is 69.3 Å². The van der Waals surface area contributed by atoms with Crippen molar-refractivity contribution in [3.63, 3.8) is 0 Å². The van der Waals surface area contributed by atoms with E-state index in [1.807, 2.05) is 30.3 Å². The lowest BCUT2D eigenvalue weighted by molar-refractivity contribution is -0.242. The molecule has 12 atom stereocenters. The SMILES string of the molecule is CC1(C)CCC2(C(=O)NC(CS)C(=O)NC(Cc3ccccc3)C(=O)NC(CS)C(=O)O)CCC3(C)C(=CCC4C5(C)CC(OC(=O)/C=C/c6ccc(O)cc6)C(OC(=O)/C=C/c6ccc(O)cc6)C(C)(C)C5CCC43C)C2C1. The summed E-state index contributed by atoms with van der Waals surface area (Å²) in [6.45, 7) is 16.0. The van der Waals surface area contributed by atoms with Crippen LogP contribution >= 0.6 is 25.3 Å². The molecule has 4 saturated carbocycles. The fourth-order valence-corrected chi connectivity index (χ4v) is 15.7. The Morgan fingerprint density at radius 3 is 1.80 bits per heavy atom. The van der Waals surface area contributed by atoms with Crippen molar-refractivity contribution in [2.45, 2.75) is 143 Å². The number of carboxylic acids is 1. The van der Waals surface area contributed by atoms with Crippen LogP contribution in [-0.2, 0) is 44.7 Å². The number of benzene rings is 3. The summed E-state index contributed by atoms with van der Waals surface area (Å²) in [4.78, 5) is 83.0. The zero-order valence-corrected chi connectivity index (χ0v) is 48.3. The Hall–Kier alpha value is -6.00. The van der Waals surface area contributed by atoms with Crippen LogP contribution in [0.4, 0.5) is 0 Å². The van der Waals surface area contributed by atoms with Crippen molar-refractivity contribution in [3.05, 3.63) is 119 Å². The monoisotopic (exact) mass is 1120 g/mol. The van der Waals surface area contributed by atoms with E-state index >= 15 is 4.79 Å². The van der Waals surface area contributed by atoms with Gasteiger partial charge in [0.1, 0.15) is 41.8 Å². The number of hydrogen-bond acceptors (Lipinski definition) is 12. The number of rotatable bonds is 17. The number of aromatic hydroxyl groups is 2. The molecule has 0 saturated heterocycles. The lowest BCUT2D eigenvalue weighted by Gasteiger charge is -2.71. The summed E-state index contributed by atoms with van der Waals surface area (Å²) in [6.07, 6.45) is 13.3. The summed E-state index contributed by atoms with van der Waals surface area (Å²) in [5.41, 5.74) is 0.861. The van der Waals surface area contributed by atoms with E-state index in [2.05, 4.69) is 95.8 Å². The van der Waals surface area contributed by atoms with Gasteiger partial charge in [-0.3, -0.25) is 14.4 Å². The number of ether oxygens (including phenoxy) is 2. The van der Waals surface area contributed by atoms with Gasteiger partial charge in [-0.2, -0.15) is 25.3 Å². The van der Waals surface area contributed by atoms with E-state index in [0.29, 0.717) is 30.4 Å². The van der Waals surface area contributed by atoms with E-state index in [4.69, 9.17) is 9.47 Å². The fourth-order valence-electron chi connectivity index (χ4n) is 15.2. The number of phenolic OH excluding ortho intramolecular Hbond substituents is 2. The molecule has 16 heteroatoms. The Morgan fingerprint density at radius 2 is 1.22 bits per heavy atom. The summed E-state index contributed by atoms with van der Waals surface area (Å²) in [5.74, 6) is -3.86. The van der Waals surface area contributed by atoms with Crippen LogP contribution in [0.3, 0.4) is 0 Å². The van der Waals surface area contributed by atoms with Gasteiger partial charge in [-0.25, -0.2) is 14.4 Å². The van der Waals surface area contributed by atoms with Crippen LogP contribution in [0.2, 0.25) is 0 Å². The number of amides is 3. The molecule has 4 fully saturated rings. The normalized spacial score (nSPS) is 30.6. The molecule has 79 heavy (non-hydrogen) atoms. The Balaban J connectivity index is 1.08. The van der Waals surface area contributed by atoms with Crippen molar-refractivity contribution in [2.24, 2.45) is 50.2 Å². The molecule has 0 aliphatic heterocycles. The summed E-state index contributed by atoms with van der Waals surface area (Å²) in [5, 5.41) is 37.8. The second kappa shape index (κ2) is 23.2. The van der Waals surface area contributed by atoms with Gasteiger partial charge in [-0.1, -0.05) is 115 Å². The number of carbonyl (C=O) groups is 6. The molecule has 3 aromatic rings. The van der Waals surface area contributed by atoms with Gasteiger partial charge in [-0.15, -0.1) is 0 Å². The quantitative estimate of drug-likeness (QED) is 0.0275. The maximum Gasteiger partial charge on any atom is 0.331 e. The van der Waals surface area contributed by atoms with Crippen LogP contribution < -0.4 is 16.0 Å². The number of nitrogens with one attached hydrogen (secondary N) is 3. The lowest BCUT2D eigenvalue weighted by atomic mass is 9.33. The van der Waals surface area contributed by atoms with Crippen molar-refractivity contribution in [2.75, 3.05) is 11.5 Å². The van der Waals surface area contributed by atoms with Crippen molar-refractivity contribution in [1.82, 2.24) is 16.0 Å². The number of aliphatic carboxylic acids is 1. The molecular formula is C63H79N3O11S2. The van der Waals surface area contributed by atoms with Crippen LogP contribution in [0.25, 0.3) is 12.2 Å². The fraction of sp³-hybridized carbons (Fsp3) is 0.524. The van der Waals surface area contributed by atoms with Crippen LogP contribution in [0.5, 0.6) is 11.5 Å². The maximum absolute atomic E-state index is 15.3. The molecule has 0 bridgehead atoms. The molecule has 0 heterocycles. The highest BCUT2D eigenvalue weighted by Crippen LogP contribution is 2.76. The molecule has 12 unspecified atom stereocenters. The molecular weight excluding hydrogens is 1040 g/mol. The first-order valence-corrected chi connectivity index (χ1v) is 29.0. The van der Waals surface area contributed by atoms with Crippen LogP contribution in [0.1, 0.15) is 123 Å². The third kappa shape index (κ3) is 11.9. The highest BCUT2D eigenvalue weighted by Gasteiger charge is 2.71. The number of hydrogen-bond donors (Lipinski definition) is 8. The molecule has 6 N–H and O–H groups in total. The molecule has 3 aromatic carbocycles. The molecule has 5 aliphatic carbocycles. The number of thiol groups is 2. The summed E-state index contributed by atoms with van der Waals surface area (Å²) < 4.78 is 12.9. The lowest BCUT2D eigenvalue weighted by Crippen LogP contribution is -2.68. The first-order chi connectivity index (χ1) is 37.3.